The van der Waals surface area contributed by atoms with Crippen LogP contribution in [0.2, 0.25) is 10.0 Å². The molecule has 0 aliphatic rings. The van der Waals surface area contributed by atoms with E-state index in [4.69, 9.17) is 33.7 Å². The summed E-state index contributed by atoms with van der Waals surface area (Å²) in [6.07, 6.45) is 2.97. The molecule has 0 unspecified atom stereocenters. The molecule has 0 saturated carbocycles. The van der Waals surface area contributed by atoms with E-state index in [2.05, 4.69) is 0 Å². The monoisotopic (exact) mass is 363 g/mol. The summed E-state index contributed by atoms with van der Waals surface area (Å²) in [5.41, 5.74) is 6.89. The van der Waals surface area contributed by atoms with Crippen molar-refractivity contribution in [3.63, 3.8) is 0 Å². The molecule has 0 bridgehead atoms. The number of ether oxygens (including phenoxy) is 1. The second-order valence-corrected chi connectivity index (χ2v) is 5.86. The number of carbonyl (C=O) groups is 2. The molecule has 2 aromatic carbocycles. The zero-order valence-corrected chi connectivity index (χ0v) is 14.4. The maximum absolute atomic E-state index is 12.3. The van der Waals surface area contributed by atoms with Gasteiger partial charge in [-0.15, -0.1) is 0 Å². The average Bonchev–Trinajstić information content (AvgIpc) is 2.56. The molecule has 1 amide bonds. The average molecular weight is 364 g/mol. The van der Waals surface area contributed by atoms with Gasteiger partial charge in [-0.05, 0) is 42.8 Å². The Labute approximate surface area is 149 Å². The Morgan fingerprint density at radius 1 is 1.21 bits per heavy atom. The van der Waals surface area contributed by atoms with Gasteiger partial charge < -0.3 is 10.5 Å². The van der Waals surface area contributed by atoms with Crippen molar-refractivity contribution in [1.29, 1.82) is 0 Å². The first-order valence-electron chi connectivity index (χ1n) is 7.06. The fraction of sp³-hybridized carbons (Fsp3) is 0.111. The van der Waals surface area contributed by atoms with Gasteiger partial charge in [0.1, 0.15) is 5.75 Å². The summed E-state index contributed by atoms with van der Waals surface area (Å²) in [6.45, 7) is 1.61. The summed E-state index contributed by atoms with van der Waals surface area (Å²) in [6, 6.07) is 10.0. The molecule has 0 saturated heterocycles. The van der Waals surface area contributed by atoms with Crippen LogP contribution in [0.3, 0.4) is 0 Å². The highest BCUT2D eigenvalue weighted by atomic mass is 35.5. The van der Waals surface area contributed by atoms with Crippen LogP contribution in [0.25, 0.3) is 6.08 Å². The SMILES string of the molecule is Cc1ccc(Cl)c(/C=C/C(=O)c2cccc(OCC(N)=O)c2)c1Cl. The van der Waals surface area contributed by atoms with Crippen LogP contribution in [0, 0.1) is 6.92 Å². The third-order valence-corrected chi connectivity index (χ3v) is 4.05. The molecule has 0 aliphatic heterocycles. The van der Waals surface area contributed by atoms with Gasteiger partial charge in [0.25, 0.3) is 5.91 Å². The molecule has 0 aliphatic carbocycles. The van der Waals surface area contributed by atoms with E-state index in [1.807, 2.05) is 13.0 Å². The number of carbonyl (C=O) groups excluding carboxylic acids is 2. The minimum atomic E-state index is -0.588. The summed E-state index contributed by atoms with van der Waals surface area (Å²) in [4.78, 5) is 23.0. The van der Waals surface area contributed by atoms with Crippen LogP contribution >= 0.6 is 23.2 Å². The van der Waals surface area contributed by atoms with E-state index in [1.54, 1.807) is 30.3 Å². The highest BCUT2D eigenvalue weighted by Gasteiger charge is 2.08. The van der Waals surface area contributed by atoms with E-state index in [-0.39, 0.29) is 12.4 Å². The van der Waals surface area contributed by atoms with Gasteiger partial charge in [0.2, 0.25) is 0 Å². The third-order valence-electron chi connectivity index (χ3n) is 3.22. The van der Waals surface area contributed by atoms with Crippen LogP contribution < -0.4 is 10.5 Å². The highest BCUT2D eigenvalue weighted by molar-refractivity contribution is 6.37. The number of halogens is 2. The molecule has 124 valence electrons. The van der Waals surface area contributed by atoms with Gasteiger partial charge >= 0.3 is 0 Å². The van der Waals surface area contributed by atoms with Crippen LogP contribution in [-0.2, 0) is 4.79 Å². The largest absolute Gasteiger partial charge is 0.484 e. The first-order chi connectivity index (χ1) is 11.4. The van der Waals surface area contributed by atoms with Crippen LogP contribution in [0.4, 0.5) is 0 Å². The van der Waals surface area contributed by atoms with Gasteiger partial charge in [0.15, 0.2) is 12.4 Å². The van der Waals surface area contributed by atoms with E-state index in [9.17, 15) is 9.59 Å². The summed E-state index contributed by atoms with van der Waals surface area (Å²) in [5.74, 6) is -0.441. The van der Waals surface area contributed by atoms with Gasteiger partial charge in [-0.2, -0.15) is 0 Å². The van der Waals surface area contributed by atoms with Crippen molar-refractivity contribution in [2.45, 2.75) is 6.92 Å². The smallest absolute Gasteiger partial charge is 0.255 e. The predicted molar refractivity (Wildman–Crippen MR) is 95.7 cm³/mol. The zero-order valence-electron chi connectivity index (χ0n) is 12.9. The molecule has 6 heteroatoms. The van der Waals surface area contributed by atoms with Gasteiger partial charge in [0, 0.05) is 16.1 Å². The number of hydrogen-bond acceptors (Lipinski definition) is 3. The van der Waals surface area contributed by atoms with E-state index < -0.39 is 5.91 Å². The van der Waals surface area contributed by atoms with E-state index >= 15 is 0 Å². The Balaban J connectivity index is 2.20. The zero-order chi connectivity index (χ0) is 17.7. The summed E-state index contributed by atoms with van der Waals surface area (Å²) in [7, 11) is 0. The first kappa shape index (κ1) is 18.0. The molecule has 2 N–H and O–H groups in total. The van der Waals surface area contributed by atoms with Crippen molar-refractivity contribution in [1.82, 2.24) is 0 Å². The van der Waals surface area contributed by atoms with Crippen molar-refractivity contribution in [3.8, 4) is 5.75 Å². The first-order valence-corrected chi connectivity index (χ1v) is 7.82. The molecule has 0 aromatic heterocycles. The standard InChI is InChI=1S/C18H15Cl2NO3/c1-11-5-7-15(19)14(18(11)20)6-8-16(22)12-3-2-4-13(9-12)24-10-17(21)23/h2-9H,10H2,1H3,(H2,21,23)/b8-6+. The third kappa shape index (κ3) is 4.60. The van der Waals surface area contributed by atoms with Gasteiger partial charge in [-0.1, -0.05) is 41.4 Å². The van der Waals surface area contributed by atoms with Crippen LogP contribution in [0.15, 0.2) is 42.5 Å². The molecule has 0 fully saturated rings. The number of amides is 1. The minimum absolute atomic E-state index is 0.242. The van der Waals surface area contributed by atoms with Crippen molar-refractivity contribution >= 4 is 41.0 Å². The summed E-state index contributed by atoms with van der Waals surface area (Å²) >= 11 is 12.3. The van der Waals surface area contributed by atoms with Crippen LogP contribution in [0.1, 0.15) is 21.5 Å². The van der Waals surface area contributed by atoms with Crippen molar-refractivity contribution in [2.24, 2.45) is 5.73 Å². The molecule has 2 aromatic rings. The molecule has 0 heterocycles. The number of allylic oxidation sites excluding steroid dienone is 1. The fourth-order valence-corrected chi connectivity index (χ4v) is 2.48. The molecule has 0 atom stereocenters. The van der Waals surface area contributed by atoms with Gasteiger partial charge in [-0.25, -0.2) is 0 Å². The predicted octanol–water partition coefficient (Wildman–Crippen LogP) is 4.06. The molecule has 0 radical (unpaired) electrons. The fourth-order valence-electron chi connectivity index (χ4n) is 1.98. The second kappa shape index (κ2) is 7.99. The summed E-state index contributed by atoms with van der Waals surface area (Å²) in [5, 5.41) is 0.971. The maximum Gasteiger partial charge on any atom is 0.255 e. The van der Waals surface area contributed by atoms with Gasteiger partial charge in [0.05, 0.1) is 5.02 Å². The van der Waals surface area contributed by atoms with Crippen LogP contribution in [0.5, 0.6) is 5.75 Å². The minimum Gasteiger partial charge on any atom is -0.484 e. The Kier molecular flexibility index (Phi) is 6.01. The maximum atomic E-state index is 12.3. The second-order valence-electron chi connectivity index (χ2n) is 5.07. The normalized spacial score (nSPS) is 10.8. The Bertz CT molecular complexity index is 816. The lowest BCUT2D eigenvalue weighted by Gasteiger charge is -2.06. The number of rotatable bonds is 6. The van der Waals surface area contributed by atoms with E-state index in [0.717, 1.165) is 5.56 Å². The quantitative estimate of drug-likeness (QED) is 0.621. The molecule has 24 heavy (non-hydrogen) atoms. The molecule has 4 nitrogen and oxygen atoms in total. The lowest BCUT2D eigenvalue weighted by molar-refractivity contribution is -0.119. The number of nitrogens with two attached hydrogens (primary N) is 1. The van der Waals surface area contributed by atoms with Crippen LogP contribution in [-0.4, -0.2) is 18.3 Å². The van der Waals surface area contributed by atoms with Crippen molar-refractivity contribution in [2.75, 3.05) is 6.61 Å². The lowest BCUT2D eigenvalue weighted by atomic mass is 10.1. The number of hydrogen-bond donors (Lipinski definition) is 1. The Morgan fingerprint density at radius 2 is 1.96 bits per heavy atom. The molecule has 2 rings (SSSR count). The van der Waals surface area contributed by atoms with Crippen molar-refractivity contribution in [3.05, 3.63) is 69.2 Å². The van der Waals surface area contributed by atoms with Crippen molar-refractivity contribution < 1.29 is 14.3 Å². The number of benzene rings is 2. The number of ketones is 1. The lowest BCUT2D eigenvalue weighted by Crippen LogP contribution is -2.20. The highest BCUT2D eigenvalue weighted by Crippen LogP contribution is 2.29. The van der Waals surface area contributed by atoms with Gasteiger partial charge in [-0.3, -0.25) is 9.59 Å². The molecular formula is C18H15Cl2NO3. The summed E-state index contributed by atoms with van der Waals surface area (Å²) < 4.78 is 5.18. The topological polar surface area (TPSA) is 69.4 Å². The Hall–Kier alpha value is -2.30. The molecule has 0 spiro atoms. The molecular weight excluding hydrogens is 349 g/mol. The van der Waals surface area contributed by atoms with E-state index in [1.165, 1.54) is 12.1 Å². The Morgan fingerprint density at radius 3 is 2.67 bits per heavy atom. The number of primary amides is 1. The number of aryl methyl sites for hydroxylation is 1. The van der Waals surface area contributed by atoms with E-state index in [0.29, 0.717) is 26.9 Å².